The molecule has 3 rings (SSSR count). The van der Waals surface area contributed by atoms with Crippen LogP contribution in [0.2, 0.25) is 0 Å². The molecule has 1 heterocycles. The number of hydrogen-bond donors (Lipinski definition) is 3. The van der Waals surface area contributed by atoms with Crippen LogP contribution in [0.5, 0.6) is 0 Å². The van der Waals surface area contributed by atoms with Crippen molar-refractivity contribution in [3.05, 3.63) is 71.4 Å². The number of para-hydroxylation sites is 1. The molecule has 0 bridgehead atoms. The molecule has 7 nitrogen and oxygen atoms in total. The second-order valence-corrected chi connectivity index (χ2v) is 6.27. The van der Waals surface area contributed by atoms with Gasteiger partial charge in [-0.25, -0.2) is 9.59 Å². The number of hydrogen-bond acceptors (Lipinski definition) is 4. The minimum absolute atomic E-state index is 0.105. The highest BCUT2D eigenvalue weighted by molar-refractivity contribution is 6.05. The minimum Gasteiger partial charge on any atom is -0.461 e. The second-order valence-electron chi connectivity index (χ2n) is 6.27. The van der Waals surface area contributed by atoms with E-state index in [0.29, 0.717) is 17.8 Å². The number of aryl methyl sites for hydroxylation is 1. The van der Waals surface area contributed by atoms with Gasteiger partial charge >= 0.3 is 12.0 Å². The van der Waals surface area contributed by atoms with Crippen molar-refractivity contribution in [2.75, 3.05) is 6.61 Å². The summed E-state index contributed by atoms with van der Waals surface area (Å²) >= 11 is 0. The predicted octanol–water partition coefficient (Wildman–Crippen LogP) is 3.05. The molecule has 0 fully saturated rings. The van der Waals surface area contributed by atoms with Crippen molar-refractivity contribution in [1.82, 2.24) is 15.6 Å². The lowest BCUT2D eigenvalue weighted by Gasteiger charge is -2.08. The molecule has 0 saturated heterocycles. The van der Waals surface area contributed by atoms with Gasteiger partial charge in [-0.2, -0.15) is 0 Å². The van der Waals surface area contributed by atoms with E-state index in [-0.39, 0.29) is 13.0 Å². The lowest BCUT2D eigenvalue weighted by molar-refractivity contribution is -0.120. The number of esters is 1. The van der Waals surface area contributed by atoms with Gasteiger partial charge in [-0.1, -0.05) is 48.5 Å². The van der Waals surface area contributed by atoms with E-state index in [1.807, 2.05) is 54.6 Å². The van der Waals surface area contributed by atoms with Crippen LogP contribution in [0.1, 0.15) is 28.0 Å². The number of nitrogens with one attached hydrogen (secondary N) is 3. The number of imide groups is 1. The first-order valence-corrected chi connectivity index (χ1v) is 8.90. The Bertz CT molecular complexity index is 995. The van der Waals surface area contributed by atoms with Crippen molar-refractivity contribution in [1.29, 1.82) is 0 Å². The van der Waals surface area contributed by atoms with Gasteiger partial charge in [-0.15, -0.1) is 0 Å². The van der Waals surface area contributed by atoms with Crippen LogP contribution >= 0.6 is 0 Å². The molecule has 28 heavy (non-hydrogen) atoms. The largest absolute Gasteiger partial charge is 0.461 e. The van der Waals surface area contributed by atoms with Gasteiger partial charge in [0.05, 0.1) is 12.0 Å². The molecule has 7 heteroatoms. The number of ether oxygens (including phenoxy) is 1. The van der Waals surface area contributed by atoms with Crippen LogP contribution in [0.15, 0.2) is 54.6 Å². The Morgan fingerprint density at radius 2 is 1.71 bits per heavy atom. The first-order chi connectivity index (χ1) is 13.5. The highest BCUT2D eigenvalue weighted by Crippen LogP contribution is 2.22. The normalized spacial score (nSPS) is 10.5. The van der Waals surface area contributed by atoms with Gasteiger partial charge in [0.1, 0.15) is 6.61 Å². The van der Waals surface area contributed by atoms with Gasteiger partial charge < -0.3 is 15.0 Å². The summed E-state index contributed by atoms with van der Waals surface area (Å²) in [5.74, 6) is -1.02. The molecular formula is C21H21N3O4. The van der Waals surface area contributed by atoms with Crippen molar-refractivity contribution in [3.8, 4) is 0 Å². The molecule has 3 amide bonds. The molecule has 0 aliphatic carbocycles. The number of carbonyl (C=O) groups excluding carboxylic acids is 3. The highest BCUT2D eigenvalue weighted by Gasteiger charge is 2.17. The monoisotopic (exact) mass is 379 g/mol. The van der Waals surface area contributed by atoms with Crippen LogP contribution in [-0.4, -0.2) is 29.5 Å². The smallest absolute Gasteiger partial charge is 0.340 e. The summed E-state index contributed by atoms with van der Waals surface area (Å²) in [5, 5.41) is 5.58. The van der Waals surface area contributed by atoms with Gasteiger partial charge in [0.25, 0.3) is 0 Å². The fraction of sp³-hybridized carbons (Fsp3) is 0.190. The average molecular weight is 379 g/mol. The van der Waals surface area contributed by atoms with Crippen molar-refractivity contribution < 1.29 is 19.1 Å². The summed E-state index contributed by atoms with van der Waals surface area (Å²) in [6, 6.07) is 16.2. The Labute approximate surface area is 162 Å². The van der Waals surface area contributed by atoms with Gasteiger partial charge in [0, 0.05) is 23.1 Å². The first kappa shape index (κ1) is 19.2. The summed E-state index contributed by atoms with van der Waals surface area (Å²) in [6.07, 6.45) is -0.105. The van der Waals surface area contributed by atoms with Crippen LogP contribution in [0.4, 0.5) is 4.79 Å². The maximum atomic E-state index is 12.4. The summed E-state index contributed by atoms with van der Waals surface area (Å²) < 4.78 is 5.21. The van der Waals surface area contributed by atoms with Crippen LogP contribution in [0, 0.1) is 6.92 Å². The number of fused-ring (bicyclic) bond motifs is 1. The number of carbonyl (C=O) groups is 3. The molecule has 0 atom stereocenters. The predicted molar refractivity (Wildman–Crippen MR) is 105 cm³/mol. The third kappa shape index (κ3) is 4.76. The number of aromatic nitrogens is 1. The van der Waals surface area contributed by atoms with Crippen molar-refractivity contribution in [3.63, 3.8) is 0 Å². The molecule has 0 saturated carbocycles. The first-order valence-electron chi connectivity index (χ1n) is 8.90. The van der Waals surface area contributed by atoms with Crippen LogP contribution in [-0.2, 0) is 16.1 Å². The lowest BCUT2D eigenvalue weighted by Crippen LogP contribution is -2.39. The number of benzene rings is 2. The van der Waals surface area contributed by atoms with Crippen LogP contribution in [0.25, 0.3) is 10.9 Å². The maximum Gasteiger partial charge on any atom is 0.340 e. The highest BCUT2D eigenvalue weighted by atomic mass is 16.5. The van der Waals surface area contributed by atoms with Crippen molar-refractivity contribution >= 4 is 28.8 Å². The summed E-state index contributed by atoms with van der Waals surface area (Å²) in [4.78, 5) is 39.1. The molecule has 144 valence electrons. The molecule has 0 spiro atoms. The fourth-order valence-corrected chi connectivity index (χ4v) is 2.86. The average Bonchev–Trinajstić information content (AvgIpc) is 3.03. The Kier molecular flexibility index (Phi) is 6.06. The van der Waals surface area contributed by atoms with Gasteiger partial charge in [-0.3, -0.25) is 10.1 Å². The fourth-order valence-electron chi connectivity index (χ4n) is 2.86. The topological polar surface area (TPSA) is 100 Å². The van der Waals surface area contributed by atoms with E-state index in [1.165, 1.54) is 0 Å². The lowest BCUT2D eigenvalue weighted by atomic mass is 10.1. The Morgan fingerprint density at radius 3 is 2.50 bits per heavy atom. The molecule has 2 aromatic carbocycles. The zero-order valence-corrected chi connectivity index (χ0v) is 15.5. The Balaban J connectivity index is 1.44. The van der Waals surface area contributed by atoms with E-state index in [9.17, 15) is 14.4 Å². The summed E-state index contributed by atoms with van der Waals surface area (Å²) in [7, 11) is 0. The third-order valence-corrected chi connectivity index (χ3v) is 4.21. The molecular weight excluding hydrogens is 358 g/mol. The molecule has 0 aliphatic heterocycles. The third-order valence-electron chi connectivity index (χ3n) is 4.21. The number of amides is 3. The molecule has 3 N–H and O–H groups in total. The summed E-state index contributed by atoms with van der Waals surface area (Å²) in [6.45, 7) is 1.99. The van der Waals surface area contributed by atoms with Gasteiger partial charge in [0.2, 0.25) is 5.91 Å². The number of rotatable bonds is 6. The van der Waals surface area contributed by atoms with E-state index in [2.05, 4.69) is 15.6 Å². The quantitative estimate of drug-likeness (QED) is 0.573. The molecule has 0 radical (unpaired) electrons. The Hall–Kier alpha value is -3.61. The number of aromatic amines is 1. The summed E-state index contributed by atoms with van der Waals surface area (Å²) in [5.41, 5.74) is 2.93. The SMILES string of the molecule is Cc1[nH]c2ccccc2c1C(=O)OCCC(=O)NC(=O)NCc1ccccc1. The maximum absolute atomic E-state index is 12.4. The zero-order valence-electron chi connectivity index (χ0n) is 15.5. The second kappa shape index (κ2) is 8.85. The van der Waals surface area contributed by atoms with Crippen molar-refractivity contribution in [2.24, 2.45) is 0 Å². The van der Waals surface area contributed by atoms with Crippen LogP contribution in [0.3, 0.4) is 0 Å². The molecule has 0 aliphatic rings. The standard InChI is InChI=1S/C21H21N3O4/c1-14-19(16-9-5-6-10-17(16)23-14)20(26)28-12-11-18(25)24-21(27)22-13-15-7-3-2-4-8-15/h2-10,23H,11-13H2,1H3,(H2,22,24,25,27). The van der Waals surface area contributed by atoms with Crippen molar-refractivity contribution in [2.45, 2.75) is 19.9 Å². The van der Waals surface area contributed by atoms with Gasteiger partial charge in [0.15, 0.2) is 0 Å². The van der Waals surface area contributed by atoms with E-state index < -0.39 is 17.9 Å². The van der Waals surface area contributed by atoms with Gasteiger partial charge in [-0.05, 0) is 18.6 Å². The van der Waals surface area contributed by atoms with E-state index in [1.54, 1.807) is 6.92 Å². The number of H-pyrrole nitrogens is 1. The molecule has 0 unspecified atom stereocenters. The molecule has 3 aromatic rings. The zero-order chi connectivity index (χ0) is 19.9. The Morgan fingerprint density at radius 1 is 1.00 bits per heavy atom. The van der Waals surface area contributed by atoms with Crippen LogP contribution < -0.4 is 10.6 Å². The number of urea groups is 1. The minimum atomic E-state index is -0.590. The van der Waals surface area contributed by atoms with E-state index >= 15 is 0 Å². The molecule has 1 aromatic heterocycles. The van der Waals surface area contributed by atoms with E-state index in [0.717, 1.165) is 16.5 Å². The van der Waals surface area contributed by atoms with E-state index in [4.69, 9.17) is 4.74 Å².